The fourth-order valence-corrected chi connectivity index (χ4v) is 1.99. The molecule has 1 heterocycles. The lowest BCUT2D eigenvalue weighted by atomic mass is 10.2. The molecule has 5 heteroatoms. The largest absolute Gasteiger partial charge is 0.396 e. The van der Waals surface area contributed by atoms with E-state index in [9.17, 15) is 4.79 Å². The number of nitrogen functional groups attached to an aromatic ring is 1. The topological polar surface area (TPSA) is 85.2 Å². The van der Waals surface area contributed by atoms with Gasteiger partial charge in [0.15, 0.2) is 5.82 Å². The van der Waals surface area contributed by atoms with Gasteiger partial charge in [-0.3, -0.25) is 4.79 Å². The van der Waals surface area contributed by atoms with Crippen molar-refractivity contribution in [1.29, 1.82) is 0 Å². The predicted octanol–water partition coefficient (Wildman–Crippen LogP) is 1.79. The number of amides is 1. The smallest absolute Gasteiger partial charge is 0.267 e. The number of primary amides is 1. The number of hydrogen-bond donors (Lipinski definition) is 2. The van der Waals surface area contributed by atoms with Crippen molar-refractivity contribution < 1.29 is 4.79 Å². The van der Waals surface area contributed by atoms with Gasteiger partial charge in [0.2, 0.25) is 0 Å². The molecule has 0 aliphatic rings. The van der Waals surface area contributed by atoms with Crippen LogP contribution < -0.4 is 16.4 Å². The average molecular weight is 270 g/mol. The van der Waals surface area contributed by atoms with Crippen LogP contribution in [0.2, 0.25) is 0 Å². The molecule has 1 aromatic heterocycles. The summed E-state index contributed by atoms with van der Waals surface area (Å²) in [6.07, 6.45) is 0. The molecule has 1 aromatic carbocycles. The van der Waals surface area contributed by atoms with Crippen LogP contribution in [0.1, 0.15) is 23.0 Å². The fraction of sp³-hybridized carbons (Fsp3) is 0.200. The molecule has 0 radical (unpaired) electrons. The highest BCUT2D eigenvalue weighted by Crippen LogP contribution is 2.22. The number of aromatic nitrogens is 1. The maximum absolute atomic E-state index is 11.2. The second kappa shape index (κ2) is 6.06. The van der Waals surface area contributed by atoms with Gasteiger partial charge >= 0.3 is 0 Å². The van der Waals surface area contributed by atoms with E-state index in [4.69, 9.17) is 11.5 Å². The SMILES string of the molecule is CCN(Cc1ccccc1)c1nc(C(N)=O)ccc1N. The highest BCUT2D eigenvalue weighted by Gasteiger charge is 2.13. The maximum Gasteiger partial charge on any atom is 0.267 e. The molecule has 4 N–H and O–H groups in total. The Morgan fingerprint density at radius 2 is 1.90 bits per heavy atom. The Labute approximate surface area is 118 Å². The first-order valence-electron chi connectivity index (χ1n) is 6.47. The number of nitrogens with zero attached hydrogens (tertiary/aromatic N) is 2. The van der Waals surface area contributed by atoms with E-state index in [1.807, 2.05) is 42.2 Å². The maximum atomic E-state index is 11.2. The van der Waals surface area contributed by atoms with Gasteiger partial charge in [0.05, 0.1) is 5.69 Å². The van der Waals surface area contributed by atoms with Crippen LogP contribution in [-0.4, -0.2) is 17.4 Å². The summed E-state index contributed by atoms with van der Waals surface area (Å²) in [5, 5.41) is 0. The van der Waals surface area contributed by atoms with Crippen LogP contribution >= 0.6 is 0 Å². The van der Waals surface area contributed by atoms with Gasteiger partial charge in [-0.15, -0.1) is 0 Å². The lowest BCUT2D eigenvalue weighted by molar-refractivity contribution is 0.0995. The second-order valence-electron chi connectivity index (χ2n) is 4.47. The third kappa shape index (κ3) is 3.06. The highest BCUT2D eigenvalue weighted by atomic mass is 16.1. The molecule has 0 fully saturated rings. The van der Waals surface area contributed by atoms with Gasteiger partial charge in [-0.05, 0) is 24.6 Å². The zero-order valence-electron chi connectivity index (χ0n) is 11.4. The van der Waals surface area contributed by atoms with Crippen LogP contribution in [0.4, 0.5) is 11.5 Å². The molecule has 0 unspecified atom stereocenters. The number of pyridine rings is 1. The minimum absolute atomic E-state index is 0.223. The van der Waals surface area contributed by atoms with Crippen LogP contribution in [0.5, 0.6) is 0 Å². The van der Waals surface area contributed by atoms with Crippen molar-refractivity contribution in [2.24, 2.45) is 5.73 Å². The normalized spacial score (nSPS) is 10.2. The van der Waals surface area contributed by atoms with E-state index in [1.165, 1.54) is 6.07 Å². The van der Waals surface area contributed by atoms with Crippen LogP contribution in [0.25, 0.3) is 0 Å². The third-order valence-corrected chi connectivity index (χ3v) is 3.06. The van der Waals surface area contributed by atoms with Gasteiger partial charge in [-0.25, -0.2) is 4.98 Å². The minimum Gasteiger partial charge on any atom is -0.396 e. The molecule has 0 spiro atoms. The van der Waals surface area contributed by atoms with E-state index in [1.54, 1.807) is 6.07 Å². The molecule has 0 atom stereocenters. The molecule has 2 rings (SSSR count). The Morgan fingerprint density at radius 1 is 1.20 bits per heavy atom. The third-order valence-electron chi connectivity index (χ3n) is 3.06. The number of hydrogen-bond acceptors (Lipinski definition) is 4. The summed E-state index contributed by atoms with van der Waals surface area (Å²) in [6, 6.07) is 13.2. The van der Waals surface area contributed by atoms with Crippen LogP contribution in [0.15, 0.2) is 42.5 Å². The molecule has 0 saturated carbocycles. The minimum atomic E-state index is -0.554. The van der Waals surface area contributed by atoms with E-state index in [0.717, 1.165) is 12.1 Å². The van der Waals surface area contributed by atoms with Crippen molar-refractivity contribution in [2.75, 3.05) is 17.2 Å². The summed E-state index contributed by atoms with van der Waals surface area (Å²) in [4.78, 5) is 17.5. The Kier molecular flexibility index (Phi) is 4.20. The van der Waals surface area contributed by atoms with E-state index >= 15 is 0 Å². The summed E-state index contributed by atoms with van der Waals surface area (Å²) in [5.74, 6) is 0.0367. The monoisotopic (exact) mass is 270 g/mol. The van der Waals surface area contributed by atoms with E-state index in [2.05, 4.69) is 4.98 Å². The van der Waals surface area contributed by atoms with Crippen molar-refractivity contribution in [3.8, 4) is 0 Å². The number of anilines is 2. The first kappa shape index (κ1) is 13.9. The molecule has 20 heavy (non-hydrogen) atoms. The van der Waals surface area contributed by atoms with Crippen molar-refractivity contribution in [2.45, 2.75) is 13.5 Å². The number of rotatable bonds is 5. The number of benzene rings is 1. The van der Waals surface area contributed by atoms with Crippen LogP contribution in [0.3, 0.4) is 0 Å². The zero-order valence-corrected chi connectivity index (χ0v) is 11.4. The molecule has 1 amide bonds. The molecule has 0 bridgehead atoms. The molecule has 104 valence electrons. The molecule has 2 aromatic rings. The van der Waals surface area contributed by atoms with Crippen molar-refractivity contribution in [3.63, 3.8) is 0 Å². The molecule has 0 aliphatic heterocycles. The van der Waals surface area contributed by atoms with Gasteiger partial charge in [0, 0.05) is 13.1 Å². The summed E-state index contributed by atoms with van der Waals surface area (Å²) in [7, 11) is 0. The number of carbonyl (C=O) groups is 1. The fourth-order valence-electron chi connectivity index (χ4n) is 1.99. The van der Waals surface area contributed by atoms with Gasteiger partial charge in [0.25, 0.3) is 5.91 Å². The molecular formula is C15H18N4O. The quantitative estimate of drug-likeness (QED) is 0.867. The average Bonchev–Trinajstić information content (AvgIpc) is 2.46. The summed E-state index contributed by atoms with van der Waals surface area (Å²) < 4.78 is 0. The Balaban J connectivity index is 2.31. The summed E-state index contributed by atoms with van der Waals surface area (Å²) in [6.45, 7) is 3.42. The number of carbonyl (C=O) groups excluding carboxylic acids is 1. The molecule has 0 aliphatic carbocycles. The Bertz CT molecular complexity index is 598. The molecule has 0 saturated heterocycles. The standard InChI is InChI=1S/C15H18N4O/c1-2-19(10-11-6-4-3-5-7-11)15-12(16)8-9-13(18-15)14(17)20/h3-9H,2,10,16H2,1H3,(H2,17,20). The summed E-state index contributed by atoms with van der Waals surface area (Å²) >= 11 is 0. The molecular weight excluding hydrogens is 252 g/mol. The van der Waals surface area contributed by atoms with Crippen molar-refractivity contribution >= 4 is 17.4 Å². The molecule has 5 nitrogen and oxygen atoms in total. The van der Waals surface area contributed by atoms with Crippen LogP contribution in [0, 0.1) is 0 Å². The Hall–Kier alpha value is -2.56. The first-order chi connectivity index (χ1) is 9.61. The van der Waals surface area contributed by atoms with E-state index < -0.39 is 5.91 Å². The van der Waals surface area contributed by atoms with Crippen molar-refractivity contribution in [1.82, 2.24) is 4.98 Å². The van der Waals surface area contributed by atoms with Gasteiger partial charge in [-0.1, -0.05) is 30.3 Å². The van der Waals surface area contributed by atoms with Crippen molar-refractivity contribution in [3.05, 3.63) is 53.7 Å². The van der Waals surface area contributed by atoms with Crippen LogP contribution in [-0.2, 0) is 6.54 Å². The predicted molar refractivity (Wildman–Crippen MR) is 80.3 cm³/mol. The Morgan fingerprint density at radius 3 is 2.50 bits per heavy atom. The van der Waals surface area contributed by atoms with Gasteiger partial charge in [0.1, 0.15) is 5.69 Å². The second-order valence-corrected chi connectivity index (χ2v) is 4.47. The lowest BCUT2D eigenvalue weighted by Crippen LogP contribution is -2.25. The highest BCUT2D eigenvalue weighted by molar-refractivity contribution is 5.91. The van der Waals surface area contributed by atoms with Gasteiger partial charge in [-0.2, -0.15) is 0 Å². The van der Waals surface area contributed by atoms with E-state index in [-0.39, 0.29) is 5.69 Å². The summed E-state index contributed by atoms with van der Waals surface area (Å²) in [5.41, 5.74) is 13.1. The number of nitrogens with two attached hydrogens (primary N) is 2. The van der Waals surface area contributed by atoms with Gasteiger partial charge < -0.3 is 16.4 Å². The lowest BCUT2D eigenvalue weighted by Gasteiger charge is -2.23. The first-order valence-corrected chi connectivity index (χ1v) is 6.47. The van der Waals surface area contributed by atoms with E-state index in [0.29, 0.717) is 18.1 Å². The zero-order chi connectivity index (χ0) is 14.5.